The maximum absolute atomic E-state index is 13.7. The van der Waals surface area contributed by atoms with Gasteiger partial charge in [0.2, 0.25) is 0 Å². The van der Waals surface area contributed by atoms with E-state index in [0.29, 0.717) is 35.4 Å². The predicted molar refractivity (Wildman–Crippen MR) is 128 cm³/mol. The first-order valence-electron chi connectivity index (χ1n) is 13.8. The van der Waals surface area contributed by atoms with Crippen LogP contribution in [0.15, 0.2) is 11.6 Å². The van der Waals surface area contributed by atoms with Crippen molar-refractivity contribution in [2.75, 3.05) is 6.61 Å². The number of esters is 1. The third-order valence-electron chi connectivity index (χ3n) is 11.5. The van der Waals surface area contributed by atoms with E-state index in [0.717, 1.165) is 45.1 Å². The summed E-state index contributed by atoms with van der Waals surface area (Å²) in [6.07, 6.45) is 10.2. The minimum absolute atomic E-state index is 0.0462. The number of rotatable bonds is 1. The van der Waals surface area contributed by atoms with E-state index in [1.807, 2.05) is 6.08 Å². The van der Waals surface area contributed by atoms with Gasteiger partial charge in [-0.05, 0) is 79.1 Å². The molecule has 6 rings (SSSR count). The number of carbonyl (C=O) groups excluding carboxylic acids is 2. The molecule has 6 aliphatic rings. The van der Waals surface area contributed by atoms with Gasteiger partial charge in [-0.3, -0.25) is 9.59 Å². The number of ketones is 1. The Hall–Kier alpha value is -1.20. The lowest BCUT2D eigenvalue weighted by molar-refractivity contribution is -0.272. The summed E-state index contributed by atoms with van der Waals surface area (Å²) in [7, 11) is 0. The maximum Gasteiger partial charge on any atom is 0.302 e. The predicted octanol–water partition coefficient (Wildman–Crippen LogP) is 5.46. The third kappa shape index (κ3) is 3.11. The molecule has 2 saturated heterocycles. The van der Waals surface area contributed by atoms with Gasteiger partial charge in [-0.25, -0.2) is 0 Å². The summed E-state index contributed by atoms with van der Waals surface area (Å²) >= 11 is 0. The highest BCUT2D eigenvalue weighted by molar-refractivity contribution is 5.94. The first kappa shape index (κ1) is 23.2. The van der Waals surface area contributed by atoms with Crippen LogP contribution in [0, 0.1) is 46.3 Å². The largest absolute Gasteiger partial charge is 0.462 e. The Balaban J connectivity index is 1.27. The first-order valence-corrected chi connectivity index (χ1v) is 13.8. The topological polar surface area (TPSA) is 61.8 Å². The van der Waals surface area contributed by atoms with Crippen molar-refractivity contribution in [2.24, 2.45) is 46.3 Å². The van der Waals surface area contributed by atoms with Crippen LogP contribution in [-0.4, -0.2) is 36.4 Å². The van der Waals surface area contributed by atoms with Crippen molar-refractivity contribution in [3.63, 3.8) is 0 Å². The number of hydrogen-bond acceptors (Lipinski definition) is 5. The quantitative estimate of drug-likeness (QED) is 0.476. The third-order valence-corrected chi connectivity index (χ3v) is 11.5. The molecule has 2 aliphatic heterocycles. The van der Waals surface area contributed by atoms with Crippen LogP contribution in [0.1, 0.15) is 86.0 Å². The van der Waals surface area contributed by atoms with Crippen LogP contribution < -0.4 is 0 Å². The molecule has 0 bridgehead atoms. The van der Waals surface area contributed by atoms with Crippen molar-refractivity contribution in [1.82, 2.24) is 0 Å². The van der Waals surface area contributed by atoms with E-state index in [4.69, 9.17) is 14.2 Å². The molecule has 0 aromatic heterocycles. The number of ether oxygens (including phenoxy) is 3. The molecular formula is C29H42O5. The zero-order valence-electron chi connectivity index (χ0n) is 21.6. The van der Waals surface area contributed by atoms with Crippen molar-refractivity contribution >= 4 is 11.8 Å². The van der Waals surface area contributed by atoms with E-state index >= 15 is 0 Å². The average molecular weight is 471 g/mol. The molecule has 4 aliphatic carbocycles. The fourth-order valence-corrected chi connectivity index (χ4v) is 9.73. The molecule has 0 amide bonds. The van der Waals surface area contributed by atoms with Crippen LogP contribution >= 0.6 is 0 Å². The lowest BCUT2D eigenvalue weighted by Gasteiger charge is -2.57. The van der Waals surface area contributed by atoms with E-state index in [1.165, 1.54) is 25.3 Å². The van der Waals surface area contributed by atoms with Crippen LogP contribution in [0.5, 0.6) is 0 Å². The smallest absolute Gasteiger partial charge is 0.302 e. The Labute approximate surface area is 204 Å². The number of fused-ring (bicyclic) bond motifs is 7. The highest BCUT2D eigenvalue weighted by atomic mass is 16.7. The van der Waals surface area contributed by atoms with Crippen LogP contribution in [0.3, 0.4) is 0 Å². The molecule has 0 unspecified atom stereocenters. The Kier molecular flexibility index (Phi) is 5.22. The van der Waals surface area contributed by atoms with Crippen molar-refractivity contribution in [2.45, 2.75) is 104 Å². The zero-order valence-corrected chi connectivity index (χ0v) is 21.6. The highest BCUT2D eigenvalue weighted by Gasteiger charge is 2.69. The molecule has 0 radical (unpaired) electrons. The number of carbonyl (C=O) groups is 2. The van der Waals surface area contributed by atoms with Gasteiger partial charge in [-0.1, -0.05) is 33.3 Å². The zero-order chi connectivity index (χ0) is 24.0. The van der Waals surface area contributed by atoms with Gasteiger partial charge in [0.1, 0.15) is 6.10 Å². The summed E-state index contributed by atoms with van der Waals surface area (Å²) in [5.74, 6) is 2.03. The Morgan fingerprint density at radius 3 is 2.59 bits per heavy atom. The molecule has 3 saturated carbocycles. The van der Waals surface area contributed by atoms with Gasteiger partial charge in [-0.2, -0.15) is 0 Å². The molecule has 11 atom stereocenters. The van der Waals surface area contributed by atoms with Crippen LogP contribution in [0.25, 0.3) is 0 Å². The van der Waals surface area contributed by atoms with Gasteiger partial charge in [0, 0.05) is 31.6 Å². The second kappa shape index (κ2) is 7.65. The second-order valence-electron chi connectivity index (χ2n) is 13.2. The monoisotopic (exact) mass is 470 g/mol. The van der Waals surface area contributed by atoms with Gasteiger partial charge in [0.05, 0.1) is 12.7 Å². The molecule has 0 aromatic carbocycles. The van der Waals surface area contributed by atoms with Crippen LogP contribution in [0.4, 0.5) is 0 Å². The molecule has 5 fully saturated rings. The maximum atomic E-state index is 13.7. The molecule has 5 nitrogen and oxygen atoms in total. The van der Waals surface area contributed by atoms with Crippen molar-refractivity contribution in [1.29, 1.82) is 0 Å². The molecule has 2 heterocycles. The molecule has 0 N–H and O–H groups in total. The van der Waals surface area contributed by atoms with Crippen molar-refractivity contribution in [3.05, 3.63) is 11.6 Å². The summed E-state index contributed by atoms with van der Waals surface area (Å²) < 4.78 is 18.8. The summed E-state index contributed by atoms with van der Waals surface area (Å²) in [5, 5.41) is 0. The Morgan fingerprint density at radius 1 is 1.09 bits per heavy atom. The van der Waals surface area contributed by atoms with Gasteiger partial charge >= 0.3 is 5.97 Å². The molecule has 34 heavy (non-hydrogen) atoms. The van der Waals surface area contributed by atoms with Gasteiger partial charge in [0.15, 0.2) is 11.6 Å². The van der Waals surface area contributed by atoms with E-state index in [9.17, 15) is 9.59 Å². The molecular weight excluding hydrogens is 428 g/mol. The second-order valence-corrected chi connectivity index (χ2v) is 13.2. The van der Waals surface area contributed by atoms with Crippen LogP contribution in [0.2, 0.25) is 0 Å². The molecule has 1 spiro atoms. The first-order chi connectivity index (χ1) is 16.1. The van der Waals surface area contributed by atoms with E-state index in [2.05, 4.69) is 27.7 Å². The highest BCUT2D eigenvalue weighted by Crippen LogP contribution is 2.70. The molecule has 0 aromatic rings. The SMILES string of the molecule is CC(=O)O[C@H]1CC[C@@]2(C)C(=CC(=O)[C@H]3[C@@H]4C[C@@H]5O[C@]6(CC[C@@H](C)CO6)[C@@H](C)[C@@H]5[C@@]4(C)CC[C@@H]32)C1. The van der Waals surface area contributed by atoms with E-state index in [-0.39, 0.29) is 34.9 Å². The summed E-state index contributed by atoms with van der Waals surface area (Å²) in [6, 6.07) is 0. The van der Waals surface area contributed by atoms with Crippen molar-refractivity contribution in [3.8, 4) is 0 Å². The summed E-state index contributed by atoms with van der Waals surface area (Å²) in [6.45, 7) is 11.8. The number of allylic oxidation sites excluding steroid dienone is 1. The fourth-order valence-electron chi connectivity index (χ4n) is 9.73. The van der Waals surface area contributed by atoms with Crippen LogP contribution in [-0.2, 0) is 23.8 Å². The Morgan fingerprint density at radius 2 is 1.88 bits per heavy atom. The average Bonchev–Trinajstić information content (AvgIpc) is 3.21. The Bertz CT molecular complexity index is 915. The number of hydrogen-bond donors (Lipinski definition) is 0. The minimum Gasteiger partial charge on any atom is -0.462 e. The van der Waals surface area contributed by atoms with E-state index in [1.54, 1.807) is 0 Å². The molecule has 5 heteroatoms. The summed E-state index contributed by atoms with van der Waals surface area (Å²) in [5.41, 5.74) is 1.41. The van der Waals surface area contributed by atoms with Gasteiger partial charge in [-0.15, -0.1) is 0 Å². The normalized spacial score (nSPS) is 54.0. The van der Waals surface area contributed by atoms with Gasteiger partial charge < -0.3 is 14.2 Å². The lowest BCUT2D eigenvalue weighted by atomic mass is 9.46. The standard InChI is InChI=1S/C29H42O5/c1-16-6-11-29(32-15-16)17(2)26-24(34-29)14-22-25-21(8-10-28(22,26)5)27(4)9-7-20(33-18(3)30)12-19(27)13-23(25)31/h13,16-17,20-22,24-26H,6-12,14-15H2,1-5H3/t16-,17+,20+,21+,22+,24+,25-,26+,27+,28+,29-/m1/s1. The summed E-state index contributed by atoms with van der Waals surface area (Å²) in [4.78, 5) is 25.2. The lowest BCUT2D eigenvalue weighted by Crippen LogP contribution is -2.55. The van der Waals surface area contributed by atoms with Crippen molar-refractivity contribution < 1.29 is 23.8 Å². The molecule has 188 valence electrons. The fraction of sp³-hybridized carbons (Fsp3) is 0.862. The minimum atomic E-state index is -0.405. The van der Waals surface area contributed by atoms with E-state index < -0.39 is 5.79 Å². The van der Waals surface area contributed by atoms with Gasteiger partial charge in [0.25, 0.3) is 0 Å².